The van der Waals surface area contributed by atoms with Gasteiger partial charge in [0.05, 0.1) is 12.3 Å². The van der Waals surface area contributed by atoms with Gasteiger partial charge in [-0.2, -0.15) is 0 Å². The minimum absolute atomic E-state index is 0.0600. The van der Waals surface area contributed by atoms with Gasteiger partial charge in [0.15, 0.2) is 0 Å². The maximum atomic E-state index is 13.5. The summed E-state index contributed by atoms with van der Waals surface area (Å²) < 4.78 is 52.8. The maximum Gasteiger partial charge on any atom is 0.263 e. The van der Waals surface area contributed by atoms with Crippen molar-refractivity contribution in [3.05, 3.63) is 45.7 Å². The van der Waals surface area contributed by atoms with E-state index in [9.17, 15) is 17.2 Å². The molecule has 0 aliphatic carbocycles. The number of anilines is 1. The topological polar surface area (TPSA) is 66.4 Å². The van der Waals surface area contributed by atoms with Crippen molar-refractivity contribution in [2.75, 3.05) is 4.72 Å². The molecule has 0 fully saturated rings. The summed E-state index contributed by atoms with van der Waals surface area (Å²) in [6.45, 7) is 1.29. The van der Waals surface area contributed by atoms with E-state index in [0.717, 1.165) is 29.5 Å². The second-order valence-electron chi connectivity index (χ2n) is 4.02. The van der Waals surface area contributed by atoms with Crippen LogP contribution >= 0.6 is 11.3 Å². The Hall–Kier alpha value is -1.51. The van der Waals surface area contributed by atoms with E-state index in [0.29, 0.717) is 9.75 Å². The number of aliphatic hydroxyl groups excluding tert-OH is 1. The zero-order valence-electron chi connectivity index (χ0n) is 10.4. The third-order valence-electron chi connectivity index (χ3n) is 2.54. The van der Waals surface area contributed by atoms with E-state index in [1.54, 1.807) is 6.92 Å². The summed E-state index contributed by atoms with van der Waals surface area (Å²) in [7, 11) is -4.03. The molecule has 0 saturated carbocycles. The van der Waals surface area contributed by atoms with Crippen LogP contribution < -0.4 is 4.72 Å². The first kappa shape index (κ1) is 14.9. The molecule has 0 aliphatic rings. The quantitative estimate of drug-likeness (QED) is 0.910. The van der Waals surface area contributed by atoms with Gasteiger partial charge in [0.25, 0.3) is 10.0 Å². The number of aliphatic hydroxyl groups is 1. The third kappa shape index (κ3) is 2.97. The minimum atomic E-state index is -4.03. The molecule has 0 radical (unpaired) electrons. The van der Waals surface area contributed by atoms with Crippen LogP contribution in [0.2, 0.25) is 0 Å². The predicted octanol–water partition coefficient (Wildman–Crippen LogP) is 2.63. The molecule has 0 unspecified atom stereocenters. The normalized spacial score (nSPS) is 11.6. The Morgan fingerprint density at radius 1 is 1.30 bits per heavy atom. The fraction of sp³-hybridized carbons (Fsp3) is 0.167. The van der Waals surface area contributed by atoms with Crippen LogP contribution in [0.15, 0.2) is 29.2 Å². The summed E-state index contributed by atoms with van der Waals surface area (Å²) in [6, 6.07) is 3.81. The Morgan fingerprint density at radius 2 is 2.00 bits per heavy atom. The average Bonchev–Trinajstić information content (AvgIpc) is 2.76. The highest BCUT2D eigenvalue weighted by molar-refractivity contribution is 7.93. The molecule has 1 aromatic carbocycles. The lowest BCUT2D eigenvalue weighted by Gasteiger charge is -2.08. The lowest BCUT2D eigenvalue weighted by Crippen LogP contribution is -2.14. The second-order valence-corrected chi connectivity index (χ2v) is 7.01. The van der Waals surface area contributed by atoms with Crippen molar-refractivity contribution in [1.29, 1.82) is 0 Å². The Bertz CT molecular complexity index is 741. The van der Waals surface area contributed by atoms with E-state index in [2.05, 4.69) is 0 Å². The molecular formula is C12H11F2NO3S2. The van der Waals surface area contributed by atoms with Gasteiger partial charge in [-0.25, -0.2) is 17.2 Å². The Balaban J connectivity index is 2.40. The van der Waals surface area contributed by atoms with Gasteiger partial charge >= 0.3 is 0 Å². The van der Waals surface area contributed by atoms with E-state index < -0.39 is 27.3 Å². The van der Waals surface area contributed by atoms with Gasteiger partial charge in [-0.1, -0.05) is 0 Å². The molecule has 0 saturated heterocycles. The number of halogens is 2. The predicted molar refractivity (Wildman–Crippen MR) is 72.1 cm³/mol. The van der Waals surface area contributed by atoms with Gasteiger partial charge in [-0.3, -0.25) is 4.72 Å². The summed E-state index contributed by atoms with van der Waals surface area (Å²) >= 11 is 1.12. The van der Waals surface area contributed by atoms with E-state index in [4.69, 9.17) is 5.11 Å². The highest BCUT2D eigenvalue weighted by Gasteiger charge is 2.21. The van der Waals surface area contributed by atoms with Crippen LogP contribution in [-0.4, -0.2) is 13.5 Å². The summed E-state index contributed by atoms with van der Waals surface area (Å²) in [5.41, 5.74) is -0.457. The average molecular weight is 319 g/mol. The van der Waals surface area contributed by atoms with Gasteiger partial charge in [0.1, 0.15) is 16.5 Å². The third-order valence-corrected chi connectivity index (χ3v) is 5.20. The molecule has 2 rings (SSSR count). The Kier molecular flexibility index (Phi) is 4.07. The summed E-state index contributed by atoms with van der Waals surface area (Å²) in [5.74, 6) is -1.62. The molecule has 0 spiro atoms. The fourth-order valence-electron chi connectivity index (χ4n) is 1.64. The van der Waals surface area contributed by atoms with Crippen molar-refractivity contribution in [2.45, 2.75) is 18.4 Å². The van der Waals surface area contributed by atoms with Gasteiger partial charge in [0, 0.05) is 15.8 Å². The van der Waals surface area contributed by atoms with Crippen LogP contribution in [0.25, 0.3) is 0 Å². The molecule has 0 bridgehead atoms. The molecule has 0 atom stereocenters. The standard InChI is InChI=1S/C12H11F2NO3S2/c1-7-12(5-9(6-16)19-7)20(17,18)15-11-4-8(13)2-3-10(11)14/h2-5,15-16H,6H2,1H3. The molecule has 108 valence electrons. The molecule has 2 aromatic rings. The molecule has 1 heterocycles. The highest BCUT2D eigenvalue weighted by atomic mass is 32.2. The number of benzene rings is 1. The molecule has 4 nitrogen and oxygen atoms in total. The number of thiophene rings is 1. The summed E-state index contributed by atoms with van der Waals surface area (Å²) in [6.07, 6.45) is 0. The van der Waals surface area contributed by atoms with E-state index >= 15 is 0 Å². The van der Waals surface area contributed by atoms with Gasteiger partial charge < -0.3 is 5.11 Å². The van der Waals surface area contributed by atoms with Gasteiger partial charge in [0.2, 0.25) is 0 Å². The van der Waals surface area contributed by atoms with Crippen molar-refractivity contribution in [3.63, 3.8) is 0 Å². The number of rotatable bonds is 4. The Morgan fingerprint density at radius 3 is 2.60 bits per heavy atom. The Labute approximate surface area is 118 Å². The fourth-order valence-corrected chi connectivity index (χ4v) is 4.20. The van der Waals surface area contributed by atoms with Crippen molar-refractivity contribution in [3.8, 4) is 0 Å². The molecule has 8 heteroatoms. The van der Waals surface area contributed by atoms with Crippen LogP contribution in [-0.2, 0) is 16.6 Å². The molecular weight excluding hydrogens is 308 g/mol. The molecule has 0 aliphatic heterocycles. The van der Waals surface area contributed by atoms with E-state index in [-0.39, 0.29) is 11.5 Å². The monoisotopic (exact) mass is 319 g/mol. The van der Waals surface area contributed by atoms with Gasteiger partial charge in [-0.05, 0) is 25.1 Å². The molecule has 0 amide bonds. The first-order chi connectivity index (χ1) is 9.33. The summed E-state index contributed by atoms with van der Waals surface area (Å²) in [5, 5.41) is 9.00. The van der Waals surface area contributed by atoms with Crippen LogP contribution in [0, 0.1) is 18.6 Å². The first-order valence-electron chi connectivity index (χ1n) is 5.51. The molecule has 20 heavy (non-hydrogen) atoms. The largest absolute Gasteiger partial charge is 0.391 e. The maximum absolute atomic E-state index is 13.5. The lowest BCUT2D eigenvalue weighted by molar-refractivity contribution is 0.285. The lowest BCUT2D eigenvalue weighted by atomic mass is 10.3. The molecule has 1 aromatic heterocycles. The van der Waals surface area contributed by atoms with Crippen molar-refractivity contribution in [1.82, 2.24) is 0 Å². The number of hydrogen-bond acceptors (Lipinski definition) is 4. The molecule has 2 N–H and O–H groups in total. The minimum Gasteiger partial charge on any atom is -0.391 e. The van der Waals surface area contributed by atoms with Crippen LogP contribution in [0.5, 0.6) is 0 Å². The smallest absolute Gasteiger partial charge is 0.263 e. The van der Waals surface area contributed by atoms with Crippen molar-refractivity contribution in [2.24, 2.45) is 0 Å². The van der Waals surface area contributed by atoms with E-state index in [1.165, 1.54) is 6.07 Å². The van der Waals surface area contributed by atoms with Crippen molar-refractivity contribution >= 4 is 27.0 Å². The van der Waals surface area contributed by atoms with Crippen LogP contribution in [0.1, 0.15) is 9.75 Å². The number of aryl methyl sites for hydroxylation is 1. The number of hydrogen-bond donors (Lipinski definition) is 2. The highest BCUT2D eigenvalue weighted by Crippen LogP contribution is 2.28. The summed E-state index contributed by atoms with van der Waals surface area (Å²) in [4.78, 5) is 0.871. The first-order valence-corrected chi connectivity index (χ1v) is 7.81. The van der Waals surface area contributed by atoms with Crippen molar-refractivity contribution < 1.29 is 22.3 Å². The number of nitrogens with one attached hydrogen (secondary N) is 1. The van der Waals surface area contributed by atoms with Gasteiger partial charge in [-0.15, -0.1) is 11.3 Å². The number of sulfonamides is 1. The van der Waals surface area contributed by atoms with E-state index in [1.807, 2.05) is 4.72 Å². The van der Waals surface area contributed by atoms with Crippen LogP contribution in [0.4, 0.5) is 14.5 Å². The zero-order valence-corrected chi connectivity index (χ0v) is 12.0. The second kappa shape index (κ2) is 5.47. The SMILES string of the molecule is Cc1sc(CO)cc1S(=O)(=O)Nc1cc(F)ccc1F. The van der Waals surface area contributed by atoms with Crippen LogP contribution in [0.3, 0.4) is 0 Å². The zero-order chi connectivity index (χ0) is 14.9.